The van der Waals surface area contributed by atoms with Crippen LogP contribution in [-0.2, 0) is 4.79 Å². The van der Waals surface area contributed by atoms with Crippen LogP contribution in [0.25, 0.3) is 0 Å². The zero-order valence-corrected chi connectivity index (χ0v) is 7.92. The first-order chi connectivity index (χ1) is 6.10. The number of halogens is 1. The first-order valence-corrected chi connectivity index (χ1v) is 4.59. The van der Waals surface area contributed by atoms with Gasteiger partial charge in [0, 0.05) is 13.1 Å². The highest BCUT2D eigenvalue weighted by molar-refractivity contribution is 5.78. The van der Waals surface area contributed by atoms with E-state index in [-0.39, 0.29) is 6.67 Å². The first-order valence-electron chi connectivity index (χ1n) is 4.59. The molecule has 0 aromatic heterocycles. The van der Waals surface area contributed by atoms with Crippen molar-refractivity contribution in [2.45, 2.75) is 19.3 Å². The molecular weight excluding hydrogens is 173 g/mol. The molecule has 1 rings (SSSR count). The zero-order chi connectivity index (χ0) is 9.90. The van der Waals surface area contributed by atoms with Crippen LogP contribution in [0, 0.1) is 5.41 Å². The number of nitrogens with zero attached hydrogens (tertiary/aromatic N) is 1. The summed E-state index contributed by atoms with van der Waals surface area (Å²) in [7, 11) is 1.85. The minimum atomic E-state index is -0.709. The van der Waals surface area contributed by atoms with Gasteiger partial charge in [-0.3, -0.25) is 9.18 Å². The normalized spacial score (nSPS) is 19.0. The summed E-state index contributed by atoms with van der Waals surface area (Å²) in [5.74, 6) is -0.709. The van der Waals surface area contributed by atoms with Crippen molar-refractivity contribution in [2.75, 3.05) is 26.8 Å². The average molecular weight is 189 g/mol. The Kier molecular flexibility index (Phi) is 3.25. The van der Waals surface area contributed by atoms with Crippen molar-refractivity contribution in [1.82, 2.24) is 4.90 Å². The topological polar surface area (TPSA) is 40.5 Å². The second kappa shape index (κ2) is 4.05. The largest absolute Gasteiger partial charge is 0.481 e. The summed E-state index contributed by atoms with van der Waals surface area (Å²) in [5, 5.41) is 8.88. The van der Waals surface area contributed by atoms with E-state index in [4.69, 9.17) is 5.11 Å². The Morgan fingerprint density at radius 2 is 2.23 bits per heavy atom. The van der Waals surface area contributed by atoms with Crippen molar-refractivity contribution < 1.29 is 14.3 Å². The molecule has 0 amide bonds. The van der Waals surface area contributed by atoms with Crippen LogP contribution < -0.4 is 0 Å². The number of rotatable bonds is 6. The SMILES string of the molecule is CN(CCCF)CC1(C(=O)O)CC1. The summed E-state index contributed by atoms with van der Waals surface area (Å²) >= 11 is 0. The molecule has 0 bridgehead atoms. The molecule has 0 aromatic carbocycles. The van der Waals surface area contributed by atoms with Gasteiger partial charge >= 0.3 is 5.97 Å². The Bertz CT molecular complexity index is 192. The standard InChI is InChI=1S/C9H16FNO2/c1-11(6-2-5-10)7-9(3-4-9)8(12)13/h2-7H2,1H3,(H,12,13). The Hall–Kier alpha value is -0.640. The van der Waals surface area contributed by atoms with E-state index in [1.165, 1.54) is 0 Å². The lowest BCUT2D eigenvalue weighted by atomic mass is 10.1. The fourth-order valence-corrected chi connectivity index (χ4v) is 1.52. The second-order valence-electron chi connectivity index (χ2n) is 3.87. The predicted molar refractivity (Wildman–Crippen MR) is 47.4 cm³/mol. The van der Waals surface area contributed by atoms with Crippen molar-refractivity contribution in [1.29, 1.82) is 0 Å². The number of hydrogen-bond acceptors (Lipinski definition) is 2. The summed E-state index contributed by atoms with van der Waals surface area (Å²) in [5.41, 5.74) is -0.509. The maximum absolute atomic E-state index is 11.8. The van der Waals surface area contributed by atoms with E-state index >= 15 is 0 Å². The number of carboxylic acid groups (broad SMARTS) is 1. The Balaban J connectivity index is 2.27. The van der Waals surface area contributed by atoms with Gasteiger partial charge in [-0.05, 0) is 26.3 Å². The van der Waals surface area contributed by atoms with E-state index in [1.807, 2.05) is 11.9 Å². The molecule has 0 spiro atoms. The summed E-state index contributed by atoms with van der Waals surface area (Å²) in [6, 6.07) is 0. The monoisotopic (exact) mass is 189 g/mol. The van der Waals surface area contributed by atoms with Gasteiger partial charge in [0.05, 0.1) is 12.1 Å². The Morgan fingerprint density at radius 1 is 1.62 bits per heavy atom. The van der Waals surface area contributed by atoms with Gasteiger partial charge in [0.2, 0.25) is 0 Å². The van der Waals surface area contributed by atoms with Crippen molar-refractivity contribution in [3.8, 4) is 0 Å². The second-order valence-corrected chi connectivity index (χ2v) is 3.87. The van der Waals surface area contributed by atoms with Gasteiger partial charge in [-0.25, -0.2) is 0 Å². The predicted octanol–water partition coefficient (Wildman–Crippen LogP) is 1.14. The molecule has 76 valence electrons. The highest BCUT2D eigenvalue weighted by Crippen LogP contribution is 2.46. The summed E-state index contributed by atoms with van der Waals surface area (Å²) in [6.07, 6.45) is 2.02. The summed E-state index contributed by atoms with van der Waals surface area (Å²) in [4.78, 5) is 12.7. The number of carboxylic acids is 1. The maximum atomic E-state index is 11.8. The fourth-order valence-electron chi connectivity index (χ4n) is 1.52. The lowest BCUT2D eigenvalue weighted by molar-refractivity contribution is -0.144. The van der Waals surface area contributed by atoms with Gasteiger partial charge in [-0.1, -0.05) is 0 Å². The maximum Gasteiger partial charge on any atom is 0.310 e. The molecule has 1 saturated carbocycles. The van der Waals surface area contributed by atoms with Crippen LogP contribution in [0.4, 0.5) is 4.39 Å². The first kappa shape index (κ1) is 10.4. The average Bonchev–Trinajstić information content (AvgIpc) is 2.82. The van der Waals surface area contributed by atoms with Gasteiger partial charge in [-0.2, -0.15) is 0 Å². The quantitative estimate of drug-likeness (QED) is 0.681. The molecule has 1 aliphatic rings. The van der Waals surface area contributed by atoms with E-state index in [0.29, 0.717) is 19.5 Å². The molecule has 4 heteroatoms. The lowest BCUT2D eigenvalue weighted by Gasteiger charge is -2.19. The van der Waals surface area contributed by atoms with E-state index < -0.39 is 11.4 Å². The van der Waals surface area contributed by atoms with E-state index in [1.54, 1.807) is 0 Å². The molecule has 0 heterocycles. The molecule has 0 aromatic rings. The zero-order valence-electron chi connectivity index (χ0n) is 7.92. The van der Waals surface area contributed by atoms with Gasteiger partial charge in [-0.15, -0.1) is 0 Å². The fraction of sp³-hybridized carbons (Fsp3) is 0.889. The van der Waals surface area contributed by atoms with Crippen molar-refractivity contribution in [3.63, 3.8) is 0 Å². The Morgan fingerprint density at radius 3 is 2.62 bits per heavy atom. The molecule has 1 aliphatic carbocycles. The van der Waals surface area contributed by atoms with E-state index in [2.05, 4.69) is 0 Å². The van der Waals surface area contributed by atoms with Crippen LogP contribution in [0.5, 0.6) is 0 Å². The van der Waals surface area contributed by atoms with Crippen LogP contribution in [0.1, 0.15) is 19.3 Å². The third-order valence-electron chi connectivity index (χ3n) is 2.55. The van der Waals surface area contributed by atoms with Crippen molar-refractivity contribution >= 4 is 5.97 Å². The molecular formula is C9H16FNO2. The number of carbonyl (C=O) groups is 1. The molecule has 1 N–H and O–H groups in total. The number of aliphatic carboxylic acids is 1. The molecule has 13 heavy (non-hydrogen) atoms. The minimum Gasteiger partial charge on any atom is -0.481 e. The molecule has 0 atom stereocenters. The summed E-state index contributed by atoms with van der Waals surface area (Å²) < 4.78 is 11.8. The molecule has 1 fully saturated rings. The highest BCUT2D eigenvalue weighted by Gasteiger charge is 2.50. The molecule has 0 radical (unpaired) electrons. The third kappa shape index (κ3) is 2.66. The van der Waals surface area contributed by atoms with Gasteiger partial charge in [0.25, 0.3) is 0 Å². The molecule has 3 nitrogen and oxygen atoms in total. The smallest absolute Gasteiger partial charge is 0.310 e. The van der Waals surface area contributed by atoms with Crippen molar-refractivity contribution in [2.24, 2.45) is 5.41 Å². The summed E-state index contributed by atoms with van der Waals surface area (Å²) in [6.45, 7) is 0.873. The molecule has 0 unspecified atom stereocenters. The van der Waals surface area contributed by atoms with Crippen LogP contribution in [-0.4, -0.2) is 42.8 Å². The van der Waals surface area contributed by atoms with Crippen LogP contribution in [0.2, 0.25) is 0 Å². The Labute approximate surface area is 77.5 Å². The van der Waals surface area contributed by atoms with Gasteiger partial charge < -0.3 is 10.0 Å². The molecule has 0 saturated heterocycles. The number of alkyl halides is 1. The van der Waals surface area contributed by atoms with Gasteiger partial charge in [0.15, 0.2) is 0 Å². The van der Waals surface area contributed by atoms with E-state index in [0.717, 1.165) is 12.8 Å². The number of hydrogen-bond donors (Lipinski definition) is 1. The lowest BCUT2D eigenvalue weighted by Crippen LogP contribution is -2.32. The van der Waals surface area contributed by atoms with E-state index in [9.17, 15) is 9.18 Å². The highest BCUT2D eigenvalue weighted by atomic mass is 19.1. The van der Waals surface area contributed by atoms with Crippen LogP contribution in [0.15, 0.2) is 0 Å². The van der Waals surface area contributed by atoms with Crippen LogP contribution >= 0.6 is 0 Å². The van der Waals surface area contributed by atoms with Gasteiger partial charge in [0.1, 0.15) is 0 Å². The van der Waals surface area contributed by atoms with Crippen LogP contribution in [0.3, 0.4) is 0 Å². The third-order valence-corrected chi connectivity index (χ3v) is 2.55. The minimum absolute atomic E-state index is 0.329. The molecule has 0 aliphatic heterocycles. The van der Waals surface area contributed by atoms with Crippen molar-refractivity contribution in [3.05, 3.63) is 0 Å².